The van der Waals surface area contributed by atoms with Gasteiger partial charge in [0.15, 0.2) is 5.78 Å². The number of benzene rings is 1. The maximum atomic E-state index is 12.9. The van der Waals surface area contributed by atoms with Gasteiger partial charge in [-0.15, -0.1) is 0 Å². The minimum Gasteiger partial charge on any atom is -0.312 e. The van der Waals surface area contributed by atoms with E-state index in [4.69, 9.17) is 4.84 Å². The highest BCUT2D eigenvalue weighted by Crippen LogP contribution is 2.37. The van der Waals surface area contributed by atoms with E-state index in [1.807, 2.05) is 47.6 Å². The molecule has 1 aliphatic carbocycles. The minimum atomic E-state index is -0.557. The van der Waals surface area contributed by atoms with Crippen LogP contribution >= 0.6 is 15.9 Å². The van der Waals surface area contributed by atoms with Crippen LogP contribution in [0.4, 0.5) is 0 Å². The number of carbonyl (C=O) groups is 2. The molecule has 0 aliphatic heterocycles. The lowest BCUT2D eigenvalue weighted by molar-refractivity contribution is -0.114. The molecule has 0 N–H and O–H groups in total. The Bertz CT molecular complexity index is 798. The predicted molar refractivity (Wildman–Crippen MR) is 107 cm³/mol. The molecular formula is C21H24BrNO3. The molecule has 26 heavy (non-hydrogen) atoms. The lowest BCUT2D eigenvalue weighted by Crippen LogP contribution is -2.29. The number of nitrogens with zero attached hydrogens (tertiary/aromatic N) is 1. The second-order valence-corrected chi connectivity index (χ2v) is 9.17. The zero-order valence-corrected chi connectivity index (χ0v) is 17.6. The van der Waals surface area contributed by atoms with Gasteiger partial charge in [0.25, 0.3) is 0 Å². The molecule has 0 fully saturated rings. The molecule has 1 aromatic carbocycles. The van der Waals surface area contributed by atoms with E-state index >= 15 is 0 Å². The van der Waals surface area contributed by atoms with Crippen molar-refractivity contribution in [1.82, 2.24) is 0 Å². The smallest absolute Gasteiger partial charge is 0.312 e. The van der Waals surface area contributed by atoms with Crippen molar-refractivity contribution in [3.05, 3.63) is 57.6 Å². The van der Waals surface area contributed by atoms with E-state index in [1.54, 1.807) is 30.4 Å². The van der Waals surface area contributed by atoms with Crippen molar-refractivity contribution in [1.29, 1.82) is 0 Å². The molecule has 0 heterocycles. The van der Waals surface area contributed by atoms with Crippen LogP contribution < -0.4 is 0 Å². The Morgan fingerprint density at radius 1 is 0.962 bits per heavy atom. The summed E-state index contributed by atoms with van der Waals surface area (Å²) < 4.78 is 0.640. The molecule has 0 saturated carbocycles. The van der Waals surface area contributed by atoms with E-state index in [1.165, 1.54) is 0 Å². The first-order chi connectivity index (χ1) is 11.9. The molecule has 0 spiro atoms. The van der Waals surface area contributed by atoms with Crippen molar-refractivity contribution in [2.75, 3.05) is 0 Å². The molecule has 4 nitrogen and oxygen atoms in total. The Balaban J connectivity index is 2.39. The van der Waals surface area contributed by atoms with Crippen LogP contribution in [0, 0.1) is 10.8 Å². The molecule has 5 heteroatoms. The lowest BCUT2D eigenvalue weighted by Gasteiger charge is -2.30. The zero-order valence-electron chi connectivity index (χ0n) is 16.0. The quantitative estimate of drug-likeness (QED) is 0.363. The molecule has 2 rings (SSSR count). The summed E-state index contributed by atoms with van der Waals surface area (Å²) in [7, 11) is 0. The van der Waals surface area contributed by atoms with Gasteiger partial charge < -0.3 is 4.84 Å². The summed E-state index contributed by atoms with van der Waals surface area (Å²) in [5, 5.41) is 4.00. The van der Waals surface area contributed by atoms with Gasteiger partial charge >= 0.3 is 5.97 Å². The molecule has 0 radical (unpaired) electrons. The van der Waals surface area contributed by atoms with Crippen LogP contribution in [0.1, 0.15) is 51.9 Å². The Morgan fingerprint density at radius 3 is 1.92 bits per heavy atom. The molecule has 0 bridgehead atoms. The van der Waals surface area contributed by atoms with Gasteiger partial charge in [0.2, 0.25) is 0 Å². The first kappa shape index (κ1) is 20.3. The summed E-state index contributed by atoms with van der Waals surface area (Å²) in [6.45, 7) is 11.9. The fraction of sp³-hybridized carbons (Fsp3) is 0.381. The van der Waals surface area contributed by atoms with Crippen molar-refractivity contribution in [3.63, 3.8) is 0 Å². The second-order valence-electron chi connectivity index (χ2n) is 8.32. The summed E-state index contributed by atoms with van der Waals surface area (Å²) in [5.41, 5.74) is 1.48. The van der Waals surface area contributed by atoms with Crippen molar-refractivity contribution in [3.8, 4) is 0 Å². The Hall–Kier alpha value is -2.01. The fourth-order valence-corrected chi connectivity index (χ4v) is 3.00. The highest BCUT2D eigenvalue weighted by Gasteiger charge is 2.34. The van der Waals surface area contributed by atoms with E-state index < -0.39 is 5.97 Å². The first-order valence-electron chi connectivity index (χ1n) is 8.44. The van der Waals surface area contributed by atoms with Gasteiger partial charge in [-0.25, -0.2) is 4.79 Å². The monoisotopic (exact) mass is 417 g/mol. The molecule has 0 saturated heterocycles. The molecule has 0 atom stereocenters. The van der Waals surface area contributed by atoms with Crippen LogP contribution in [0.15, 0.2) is 57.2 Å². The number of halogens is 1. The Morgan fingerprint density at radius 2 is 1.46 bits per heavy atom. The van der Waals surface area contributed by atoms with Crippen LogP contribution in [0.25, 0.3) is 0 Å². The molecule has 0 unspecified atom stereocenters. The van der Waals surface area contributed by atoms with Crippen LogP contribution in [0.2, 0.25) is 0 Å². The normalized spacial score (nSPS) is 15.3. The second kappa shape index (κ2) is 7.31. The van der Waals surface area contributed by atoms with Gasteiger partial charge in [0.1, 0.15) is 5.71 Å². The van der Waals surface area contributed by atoms with Gasteiger partial charge in [-0.05, 0) is 51.0 Å². The maximum Gasteiger partial charge on any atom is 0.366 e. The number of carbonyl (C=O) groups excluding carboxylic acids is 2. The zero-order chi connectivity index (χ0) is 19.7. The SMILES string of the molecule is CC(C)(C)C1=CC(=NOC(=O)c2ccccc2Br)C=C(C(C)(C)C)C1=O. The van der Waals surface area contributed by atoms with E-state index in [2.05, 4.69) is 21.1 Å². The van der Waals surface area contributed by atoms with E-state index in [0.29, 0.717) is 26.9 Å². The molecule has 0 amide bonds. The third kappa shape index (κ3) is 4.58. The molecule has 0 aromatic heterocycles. The van der Waals surface area contributed by atoms with Gasteiger partial charge in [-0.1, -0.05) is 58.8 Å². The third-order valence-corrected chi connectivity index (χ3v) is 4.71. The average Bonchev–Trinajstić information content (AvgIpc) is 2.51. The van der Waals surface area contributed by atoms with Gasteiger partial charge in [-0.3, -0.25) is 4.79 Å². The number of hydrogen-bond acceptors (Lipinski definition) is 4. The third-order valence-electron chi connectivity index (χ3n) is 4.02. The average molecular weight is 418 g/mol. The lowest BCUT2D eigenvalue weighted by atomic mass is 9.72. The number of ketones is 1. The van der Waals surface area contributed by atoms with Crippen molar-refractivity contribution in [2.24, 2.45) is 16.0 Å². The van der Waals surface area contributed by atoms with E-state index in [9.17, 15) is 9.59 Å². The summed E-state index contributed by atoms with van der Waals surface area (Å²) in [4.78, 5) is 30.2. The predicted octanol–water partition coefficient (Wildman–Crippen LogP) is 5.49. The number of oxime groups is 1. The molecule has 1 aromatic rings. The summed E-state index contributed by atoms with van der Waals surface area (Å²) in [6.07, 6.45) is 3.40. The van der Waals surface area contributed by atoms with Crippen molar-refractivity contribution in [2.45, 2.75) is 41.5 Å². The van der Waals surface area contributed by atoms with E-state index in [-0.39, 0.29) is 16.6 Å². The summed E-state index contributed by atoms with van der Waals surface area (Å²) in [6, 6.07) is 6.99. The largest absolute Gasteiger partial charge is 0.366 e. The van der Waals surface area contributed by atoms with Gasteiger partial charge in [-0.2, -0.15) is 0 Å². The highest BCUT2D eigenvalue weighted by molar-refractivity contribution is 9.10. The van der Waals surface area contributed by atoms with E-state index in [0.717, 1.165) is 0 Å². The Labute approximate surface area is 163 Å². The minimum absolute atomic E-state index is 0.0149. The summed E-state index contributed by atoms with van der Waals surface area (Å²) >= 11 is 3.32. The van der Waals surface area contributed by atoms with Gasteiger partial charge in [0.05, 0.1) is 5.56 Å². The topological polar surface area (TPSA) is 55.7 Å². The first-order valence-corrected chi connectivity index (χ1v) is 9.23. The standard InChI is InChI=1S/C21H24BrNO3/c1-20(2,3)15-11-13(12-16(18(15)24)21(4,5)6)23-26-19(25)14-9-7-8-10-17(14)22/h7-12H,1-6H3. The number of allylic oxidation sites excluding steroid dienone is 4. The van der Waals surface area contributed by atoms with Crippen LogP contribution in [0.3, 0.4) is 0 Å². The number of rotatable bonds is 2. The van der Waals surface area contributed by atoms with Crippen molar-refractivity contribution < 1.29 is 14.4 Å². The van der Waals surface area contributed by atoms with Crippen molar-refractivity contribution >= 4 is 33.4 Å². The highest BCUT2D eigenvalue weighted by atomic mass is 79.9. The van der Waals surface area contributed by atoms with Crippen LogP contribution in [-0.2, 0) is 9.63 Å². The molecule has 138 valence electrons. The number of hydrogen-bond donors (Lipinski definition) is 0. The molecular weight excluding hydrogens is 394 g/mol. The Kier molecular flexibility index (Phi) is 5.71. The summed E-state index contributed by atoms with van der Waals surface area (Å²) in [5.74, 6) is -0.542. The van der Waals surface area contributed by atoms with Crippen LogP contribution in [-0.4, -0.2) is 17.5 Å². The number of Topliss-reactive ketones (excluding diaryl/α,β-unsaturated/α-hetero) is 1. The maximum absolute atomic E-state index is 12.9. The fourth-order valence-electron chi connectivity index (χ4n) is 2.55. The molecule has 1 aliphatic rings. The van der Waals surface area contributed by atoms with Crippen LogP contribution in [0.5, 0.6) is 0 Å². The van der Waals surface area contributed by atoms with Gasteiger partial charge in [0, 0.05) is 15.6 Å².